The zero-order chi connectivity index (χ0) is 17.5. The van der Waals surface area contributed by atoms with Gasteiger partial charge in [0.25, 0.3) is 0 Å². The molecule has 7 heteroatoms. The molecule has 130 valence electrons. The van der Waals surface area contributed by atoms with Crippen LogP contribution in [0, 0.1) is 11.7 Å². The number of nitrogens with two attached hydrogens (primary N) is 1. The van der Waals surface area contributed by atoms with E-state index in [9.17, 15) is 17.6 Å². The zero-order valence-electron chi connectivity index (χ0n) is 13.6. The van der Waals surface area contributed by atoms with E-state index in [1.165, 1.54) is 12.1 Å². The highest BCUT2D eigenvalue weighted by Crippen LogP contribution is 2.15. The van der Waals surface area contributed by atoms with Gasteiger partial charge in [-0.2, -0.15) is 0 Å². The normalized spacial score (nSPS) is 14.3. The van der Waals surface area contributed by atoms with Crippen molar-refractivity contribution in [3.63, 3.8) is 0 Å². The summed E-state index contributed by atoms with van der Waals surface area (Å²) >= 11 is 0. The Hall–Kier alpha value is -1.47. The summed E-state index contributed by atoms with van der Waals surface area (Å²) in [5.74, 6) is -1.87. The Labute approximate surface area is 137 Å². The molecule has 1 aromatic carbocycles. The van der Waals surface area contributed by atoms with Crippen molar-refractivity contribution in [2.24, 2.45) is 11.7 Å². The van der Waals surface area contributed by atoms with Crippen molar-refractivity contribution in [2.75, 3.05) is 12.3 Å². The second-order valence-electron chi connectivity index (χ2n) is 5.72. The van der Waals surface area contributed by atoms with Crippen LogP contribution in [0.25, 0.3) is 0 Å². The van der Waals surface area contributed by atoms with E-state index in [-0.39, 0.29) is 22.6 Å². The number of rotatable bonds is 9. The molecule has 2 atom stereocenters. The SMILES string of the molecule is CCCCC(CN)NC(=O)C(C)CS(=O)(=O)c1ccc(F)cc1. The van der Waals surface area contributed by atoms with E-state index in [1.807, 2.05) is 6.92 Å². The standard InChI is InChI=1S/C16H25FN2O3S/c1-3-4-5-14(10-18)19-16(20)12(2)11-23(21,22)15-8-6-13(17)7-9-15/h6-9,12,14H,3-5,10-11,18H2,1-2H3,(H,19,20). The smallest absolute Gasteiger partial charge is 0.224 e. The average molecular weight is 344 g/mol. The lowest BCUT2D eigenvalue weighted by atomic mass is 10.1. The number of amides is 1. The van der Waals surface area contributed by atoms with Gasteiger partial charge in [-0.1, -0.05) is 26.7 Å². The second kappa shape index (κ2) is 8.98. The minimum absolute atomic E-state index is 0.0138. The molecule has 23 heavy (non-hydrogen) atoms. The van der Waals surface area contributed by atoms with Crippen molar-refractivity contribution in [1.29, 1.82) is 0 Å². The number of carbonyl (C=O) groups excluding carboxylic acids is 1. The van der Waals surface area contributed by atoms with Crippen molar-refractivity contribution in [3.05, 3.63) is 30.1 Å². The molecule has 0 spiro atoms. The van der Waals surface area contributed by atoms with Crippen LogP contribution in [0.4, 0.5) is 4.39 Å². The summed E-state index contributed by atoms with van der Waals surface area (Å²) < 4.78 is 37.4. The first-order chi connectivity index (χ1) is 10.8. The van der Waals surface area contributed by atoms with E-state index in [2.05, 4.69) is 5.32 Å². The van der Waals surface area contributed by atoms with E-state index in [0.29, 0.717) is 6.54 Å². The molecule has 1 rings (SSSR count). The third-order valence-electron chi connectivity index (χ3n) is 3.63. The molecule has 3 N–H and O–H groups in total. The Morgan fingerprint density at radius 1 is 1.30 bits per heavy atom. The fourth-order valence-electron chi connectivity index (χ4n) is 2.19. The van der Waals surface area contributed by atoms with Crippen molar-refractivity contribution in [3.8, 4) is 0 Å². The van der Waals surface area contributed by atoms with Crippen LogP contribution in [0.3, 0.4) is 0 Å². The maximum atomic E-state index is 12.9. The van der Waals surface area contributed by atoms with Gasteiger partial charge in [-0.15, -0.1) is 0 Å². The number of halogens is 1. The highest BCUT2D eigenvalue weighted by molar-refractivity contribution is 7.91. The predicted octanol–water partition coefficient (Wildman–Crippen LogP) is 1.87. The highest BCUT2D eigenvalue weighted by Gasteiger charge is 2.24. The number of sulfone groups is 1. The van der Waals surface area contributed by atoms with Gasteiger partial charge in [-0.05, 0) is 30.7 Å². The van der Waals surface area contributed by atoms with Crippen LogP contribution in [0.5, 0.6) is 0 Å². The van der Waals surface area contributed by atoms with Crippen molar-refractivity contribution < 1.29 is 17.6 Å². The summed E-state index contributed by atoms with van der Waals surface area (Å²) in [6, 6.07) is 4.45. The predicted molar refractivity (Wildman–Crippen MR) is 88.1 cm³/mol. The molecular formula is C16H25FN2O3S. The highest BCUT2D eigenvalue weighted by atomic mass is 32.2. The average Bonchev–Trinajstić information content (AvgIpc) is 2.51. The summed E-state index contributed by atoms with van der Waals surface area (Å²) in [6.07, 6.45) is 2.72. The fourth-order valence-corrected chi connectivity index (χ4v) is 3.74. The van der Waals surface area contributed by atoms with E-state index >= 15 is 0 Å². The summed E-state index contributed by atoms with van der Waals surface area (Å²) in [5.41, 5.74) is 5.63. The summed E-state index contributed by atoms with van der Waals surface area (Å²) in [4.78, 5) is 12.2. The molecule has 1 aromatic rings. The molecule has 0 fully saturated rings. The van der Waals surface area contributed by atoms with Gasteiger partial charge >= 0.3 is 0 Å². The Morgan fingerprint density at radius 2 is 1.91 bits per heavy atom. The number of carbonyl (C=O) groups is 1. The molecular weight excluding hydrogens is 319 g/mol. The van der Waals surface area contributed by atoms with Crippen LogP contribution in [0.15, 0.2) is 29.2 Å². The molecule has 0 aromatic heterocycles. The number of hydrogen-bond acceptors (Lipinski definition) is 4. The molecule has 0 aliphatic carbocycles. The van der Waals surface area contributed by atoms with Gasteiger partial charge in [-0.25, -0.2) is 12.8 Å². The Bertz CT molecular complexity index is 602. The van der Waals surface area contributed by atoms with Crippen molar-refractivity contribution in [1.82, 2.24) is 5.32 Å². The lowest BCUT2D eigenvalue weighted by Crippen LogP contribution is -2.43. The molecule has 0 aliphatic rings. The molecule has 0 saturated heterocycles. The van der Waals surface area contributed by atoms with E-state index in [4.69, 9.17) is 5.73 Å². The second-order valence-corrected chi connectivity index (χ2v) is 7.75. The molecule has 0 radical (unpaired) electrons. The number of unbranched alkanes of at least 4 members (excludes halogenated alkanes) is 1. The van der Waals surface area contributed by atoms with Gasteiger partial charge in [0, 0.05) is 18.5 Å². The summed E-state index contributed by atoms with van der Waals surface area (Å²) in [6.45, 7) is 3.93. The van der Waals surface area contributed by atoms with Crippen molar-refractivity contribution >= 4 is 15.7 Å². The number of hydrogen-bond donors (Lipinski definition) is 2. The monoisotopic (exact) mass is 344 g/mol. The van der Waals surface area contributed by atoms with Gasteiger partial charge in [0.1, 0.15) is 5.82 Å². The number of nitrogens with one attached hydrogen (secondary N) is 1. The molecule has 0 saturated carbocycles. The van der Waals surface area contributed by atoms with Crippen LogP contribution in [0.2, 0.25) is 0 Å². The molecule has 0 heterocycles. The van der Waals surface area contributed by atoms with Gasteiger partial charge < -0.3 is 11.1 Å². The molecule has 0 bridgehead atoms. The fraction of sp³-hybridized carbons (Fsp3) is 0.562. The number of benzene rings is 1. The zero-order valence-corrected chi connectivity index (χ0v) is 14.4. The quantitative estimate of drug-likeness (QED) is 0.669. The first-order valence-electron chi connectivity index (χ1n) is 7.79. The topological polar surface area (TPSA) is 89.3 Å². The molecule has 1 amide bonds. The summed E-state index contributed by atoms with van der Waals surface area (Å²) in [5, 5.41) is 2.80. The van der Waals surface area contributed by atoms with Gasteiger partial charge in [-0.3, -0.25) is 4.79 Å². The van der Waals surface area contributed by atoms with Gasteiger partial charge in [0.15, 0.2) is 9.84 Å². The van der Waals surface area contributed by atoms with Gasteiger partial charge in [0.2, 0.25) is 5.91 Å². The first-order valence-corrected chi connectivity index (χ1v) is 9.44. The van der Waals surface area contributed by atoms with E-state index in [1.54, 1.807) is 6.92 Å². The molecule has 5 nitrogen and oxygen atoms in total. The minimum atomic E-state index is -3.64. The maximum Gasteiger partial charge on any atom is 0.224 e. The van der Waals surface area contributed by atoms with Crippen molar-refractivity contribution in [2.45, 2.75) is 44.0 Å². The molecule has 2 unspecified atom stereocenters. The third kappa shape index (κ3) is 6.27. The van der Waals surface area contributed by atoms with Crippen LogP contribution < -0.4 is 11.1 Å². The van der Waals surface area contributed by atoms with Crippen LogP contribution in [-0.4, -0.2) is 32.7 Å². The Balaban J connectivity index is 2.68. The largest absolute Gasteiger partial charge is 0.352 e. The minimum Gasteiger partial charge on any atom is -0.352 e. The van der Waals surface area contributed by atoms with Gasteiger partial charge in [0.05, 0.1) is 10.6 Å². The summed E-state index contributed by atoms with van der Waals surface area (Å²) in [7, 11) is -3.64. The lowest BCUT2D eigenvalue weighted by molar-refractivity contribution is -0.124. The van der Waals surface area contributed by atoms with E-state index < -0.39 is 21.6 Å². The Kier molecular flexibility index (Phi) is 7.64. The van der Waals surface area contributed by atoms with Crippen LogP contribution in [-0.2, 0) is 14.6 Å². The van der Waals surface area contributed by atoms with Crippen LogP contribution >= 0.6 is 0 Å². The molecule has 0 aliphatic heterocycles. The third-order valence-corrected chi connectivity index (χ3v) is 5.56. The van der Waals surface area contributed by atoms with E-state index in [0.717, 1.165) is 31.4 Å². The Morgan fingerprint density at radius 3 is 2.43 bits per heavy atom. The maximum absolute atomic E-state index is 12.9. The lowest BCUT2D eigenvalue weighted by Gasteiger charge is -2.19. The van der Waals surface area contributed by atoms with Crippen LogP contribution in [0.1, 0.15) is 33.1 Å². The first kappa shape index (κ1) is 19.6.